The first-order valence-electron chi connectivity index (χ1n) is 4.75. The number of ketones is 1. The Kier molecular flexibility index (Phi) is 1.45. The number of carbonyl (C=O) groups excluding carboxylic acids is 1. The van der Waals surface area contributed by atoms with Crippen LogP contribution in [-0.4, -0.2) is 10.8 Å². The maximum atomic E-state index is 11.7. The Morgan fingerprint density at radius 2 is 2.07 bits per heavy atom. The minimum absolute atomic E-state index is 0.275. The quantitative estimate of drug-likeness (QED) is 0.627. The third kappa shape index (κ3) is 0.909. The van der Waals surface area contributed by atoms with Gasteiger partial charge in [-0.25, -0.2) is 0 Å². The lowest BCUT2D eigenvalue weighted by Gasteiger charge is -2.02. The molecule has 1 aliphatic carbocycles. The van der Waals surface area contributed by atoms with Gasteiger partial charge in [0.1, 0.15) is 0 Å². The predicted octanol–water partition coefficient (Wildman–Crippen LogP) is 2.36. The zero-order valence-electron chi connectivity index (χ0n) is 7.66. The second-order valence-electron chi connectivity index (χ2n) is 3.62. The number of rotatable bonds is 0. The molecule has 0 saturated carbocycles. The summed E-state index contributed by atoms with van der Waals surface area (Å²) < 4.78 is 0. The van der Waals surface area contributed by atoms with Crippen molar-refractivity contribution in [1.29, 1.82) is 0 Å². The molecule has 1 aromatic carbocycles. The molecule has 1 heterocycles. The minimum Gasteiger partial charge on any atom is -0.294 e. The summed E-state index contributed by atoms with van der Waals surface area (Å²) in [4.78, 5) is 15.7. The fourth-order valence-electron chi connectivity index (χ4n) is 2.12. The van der Waals surface area contributed by atoms with E-state index in [4.69, 9.17) is 0 Å². The van der Waals surface area contributed by atoms with Gasteiger partial charge < -0.3 is 0 Å². The molecule has 3 rings (SSSR count). The molecule has 0 amide bonds. The molecule has 2 aromatic rings. The molecule has 0 N–H and O–H groups in total. The van der Waals surface area contributed by atoms with Crippen LogP contribution in [0, 0.1) is 0 Å². The maximum absolute atomic E-state index is 11.7. The van der Waals surface area contributed by atoms with E-state index in [0.717, 1.165) is 22.8 Å². The lowest BCUT2D eigenvalue weighted by molar-refractivity contribution is 0.0996. The molecular weight excluding hydrogens is 174 g/mol. The zero-order chi connectivity index (χ0) is 9.54. The molecular formula is C12H9NO. The summed E-state index contributed by atoms with van der Waals surface area (Å²) in [5.41, 5.74) is 2.11. The van der Waals surface area contributed by atoms with Gasteiger partial charge in [0.05, 0.1) is 0 Å². The van der Waals surface area contributed by atoms with Gasteiger partial charge in [-0.2, -0.15) is 0 Å². The number of Topliss-reactive ketones (excluding diaryl/α,β-unsaturated/α-hetero) is 1. The van der Waals surface area contributed by atoms with Crippen molar-refractivity contribution in [2.45, 2.75) is 12.8 Å². The zero-order valence-corrected chi connectivity index (χ0v) is 7.66. The molecule has 1 aromatic heterocycles. The van der Waals surface area contributed by atoms with Crippen LogP contribution in [0.2, 0.25) is 0 Å². The number of hydrogen-bond acceptors (Lipinski definition) is 2. The van der Waals surface area contributed by atoms with E-state index < -0.39 is 0 Å². The second kappa shape index (κ2) is 2.64. The first-order chi connectivity index (χ1) is 6.86. The van der Waals surface area contributed by atoms with Crippen molar-refractivity contribution in [3.05, 3.63) is 41.7 Å². The third-order valence-electron chi connectivity index (χ3n) is 2.81. The molecule has 1 aliphatic rings. The number of benzene rings is 1. The van der Waals surface area contributed by atoms with Crippen LogP contribution >= 0.6 is 0 Å². The smallest absolute Gasteiger partial charge is 0.164 e. The van der Waals surface area contributed by atoms with E-state index >= 15 is 0 Å². The van der Waals surface area contributed by atoms with Crippen LogP contribution < -0.4 is 0 Å². The average molecular weight is 183 g/mol. The van der Waals surface area contributed by atoms with Gasteiger partial charge in [0.25, 0.3) is 0 Å². The second-order valence-corrected chi connectivity index (χ2v) is 3.62. The van der Waals surface area contributed by atoms with Gasteiger partial charge in [-0.05, 0) is 23.4 Å². The minimum atomic E-state index is 0.275. The molecule has 14 heavy (non-hydrogen) atoms. The van der Waals surface area contributed by atoms with Crippen LogP contribution in [0.15, 0.2) is 30.6 Å². The Labute approximate surface area is 81.6 Å². The fraction of sp³-hybridized carbons (Fsp3) is 0.167. The van der Waals surface area contributed by atoms with Crippen molar-refractivity contribution in [3.8, 4) is 0 Å². The Bertz CT molecular complexity index is 531. The number of hydrogen-bond donors (Lipinski definition) is 0. The molecule has 0 radical (unpaired) electrons. The van der Waals surface area contributed by atoms with E-state index in [1.54, 1.807) is 12.4 Å². The highest BCUT2D eigenvalue weighted by Gasteiger charge is 2.21. The summed E-state index contributed by atoms with van der Waals surface area (Å²) in [6.45, 7) is 0. The lowest BCUT2D eigenvalue weighted by atomic mass is 10.0. The molecule has 68 valence electrons. The first kappa shape index (κ1) is 7.68. The van der Waals surface area contributed by atoms with E-state index in [1.165, 1.54) is 5.56 Å². The highest BCUT2D eigenvalue weighted by atomic mass is 16.1. The fourth-order valence-corrected chi connectivity index (χ4v) is 2.12. The van der Waals surface area contributed by atoms with Gasteiger partial charge in [0.15, 0.2) is 5.78 Å². The van der Waals surface area contributed by atoms with Crippen molar-refractivity contribution in [2.75, 3.05) is 0 Å². The molecule has 0 spiro atoms. The van der Waals surface area contributed by atoms with Crippen LogP contribution in [0.3, 0.4) is 0 Å². The number of pyridine rings is 1. The molecule has 0 atom stereocenters. The molecule has 0 bridgehead atoms. The van der Waals surface area contributed by atoms with E-state index in [0.29, 0.717) is 6.42 Å². The Hall–Kier alpha value is -1.70. The van der Waals surface area contributed by atoms with Gasteiger partial charge in [-0.15, -0.1) is 0 Å². The summed E-state index contributed by atoms with van der Waals surface area (Å²) in [5, 5.41) is 2.11. The maximum Gasteiger partial charge on any atom is 0.164 e. The number of nitrogens with zero attached hydrogens (tertiary/aromatic N) is 1. The summed E-state index contributed by atoms with van der Waals surface area (Å²) >= 11 is 0. The summed E-state index contributed by atoms with van der Waals surface area (Å²) in [5.74, 6) is 0.275. The van der Waals surface area contributed by atoms with Gasteiger partial charge in [-0.1, -0.05) is 12.1 Å². The standard InChI is InChI=1S/C12H9NO/c14-11-4-3-8-1-2-9-7-13-6-5-10(9)12(8)11/h1-2,5-7H,3-4H2. The Morgan fingerprint density at radius 1 is 1.14 bits per heavy atom. The van der Waals surface area contributed by atoms with E-state index in [1.807, 2.05) is 18.2 Å². The summed E-state index contributed by atoms with van der Waals surface area (Å²) in [6, 6.07) is 6.02. The van der Waals surface area contributed by atoms with Crippen LogP contribution in [-0.2, 0) is 6.42 Å². The van der Waals surface area contributed by atoms with Crippen LogP contribution in [0.5, 0.6) is 0 Å². The Balaban J connectivity index is 2.47. The van der Waals surface area contributed by atoms with Crippen LogP contribution in [0.25, 0.3) is 10.8 Å². The molecule has 0 unspecified atom stereocenters. The van der Waals surface area contributed by atoms with Crippen molar-refractivity contribution in [2.24, 2.45) is 0 Å². The van der Waals surface area contributed by atoms with Crippen molar-refractivity contribution >= 4 is 16.6 Å². The number of fused-ring (bicyclic) bond motifs is 3. The Morgan fingerprint density at radius 3 is 3.00 bits per heavy atom. The van der Waals surface area contributed by atoms with E-state index in [2.05, 4.69) is 4.98 Å². The molecule has 0 saturated heterocycles. The topological polar surface area (TPSA) is 30.0 Å². The van der Waals surface area contributed by atoms with Crippen molar-refractivity contribution < 1.29 is 4.79 Å². The van der Waals surface area contributed by atoms with Crippen molar-refractivity contribution in [1.82, 2.24) is 4.98 Å². The lowest BCUT2D eigenvalue weighted by Crippen LogP contribution is -1.93. The van der Waals surface area contributed by atoms with Crippen LogP contribution in [0.4, 0.5) is 0 Å². The normalized spacial score (nSPS) is 14.7. The largest absolute Gasteiger partial charge is 0.294 e. The molecule has 0 aliphatic heterocycles. The molecule has 0 fully saturated rings. The molecule has 2 heteroatoms. The first-order valence-corrected chi connectivity index (χ1v) is 4.75. The predicted molar refractivity (Wildman–Crippen MR) is 54.4 cm³/mol. The van der Waals surface area contributed by atoms with Gasteiger partial charge in [0.2, 0.25) is 0 Å². The van der Waals surface area contributed by atoms with Crippen molar-refractivity contribution in [3.63, 3.8) is 0 Å². The SMILES string of the molecule is O=C1CCc2ccc3cnccc3c21. The highest BCUT2D eigenvalue weighted by Crippen LogP contribution is 2.28. The van der Waals surface area contributed by atoms with Gasteiger partial charge in [-0.3, -0.25) is 9.78 Å². The van der Waals surface area contributed by atoms with E-state index in [9.17, 15) is 4.79 Å². The van der Waals surface area contributed by atoms with Crippen LogP contribution in [0.1, 0.15) is 22.3 Å². The number of carbonyl (C=O) groups is 1. The van der Waals surface area contributed by atoms with Gasteiger partial charge in [0, 0.05) is 29.8 Å². The number of aryl methyl sites for hydroxylation is 1. The molecule has 2 nitrogen and oxygen atoms in total. The average Bonchev–Trinajstić information content (AvgIpc) is 2.61. The van der Waals surface area contributed by atoms with E-state index in [-0.39, 0.29) is 5.78 Å². The van der Waals surface area contributed by atoms with Gasteiger partial charge >= 0.3 is 0 Å². The number of aromatic nitrogens is 1. The monoisotopic (exact) mass is 183 g/mol. The third-order valence-corrected chi connectivity index (χ3v) is 2.81. The summed E-state index contributed by atoms with van der Waals surface area (Å²) in [6.07, 6.45) is 5.11. The summed E-state index contributed by atoms with van der Waals surface area (Å²) in [7, 11) is 0. The highest BCUT2D eigenvalue weighted by molar-refractivity contribution is 6.11.